The number of fused-ring (bicyclic) bond motifs is 1. The number of hydrogen-bond acceptors (Lipinski definition) is 4. The summed E-state index contributed by atoms with van der Waals surface area (Å²) >= 11 is 1.03. The van der Waals surface area contributed by atoms with Crippen molar-refractivity contribution in [1.82, 2.24) is 15.0 Å². The van der Waals surface area contributed by atoms with Crippen LogP contribution >= 0.6 is 11.8 Å². The minimum atomic E-state index is -0.0817. The Balaban J connectivity index is 1.87. The quantitative estimate of drug-likeness (QED) is 0.573. The fraction of sp³-hybridized carbons (Fsp3) is 0.0714. The average Bonchev–Trinajstić information content (AvgIpc) is 2.82. The fourth-order valence-corrected chi connectivity index (χ4v) is 2.49. The first kappa shape index (κ1) is 11.9. The summed E-state index contributed by atoms with van der Waals surface area (Å²) in [5, 5.41) is 1.42. The van der Waals surface area contributed by atoms with Gasteiger partial charge in [-0.05, 0) is 36.9 Å². The molecule has 0 aliphatic rings. The number of nitrogens with zero attached hydrogens (tertiary/aromatic N) is 2. The lowest BCUT2D eigenvalue weighted by molar-refractivity contribution is 0.108. The van der Waals surface area contributed by atoms with Crippen LogP contribution < -0.4 is 0 Å². The van der Waals surface area contributed by atoms with Crippen LogP contribution in [0.25, 0.3) is 10.9 Å². The number of H-pyrrole nitrogens is 1. The molecule has 0 atom stereocenters. The van der Waals surface area contributed by atoms with Gasteiger partial charge < -0.3 is 4.98 Å². The van der Waals surface area contributed by atoms with Crippen molar-refractivity contribution in [1.29, 1.82) is 0 Å². The number of carbonyl (C=O) groups is 1. The van der Waals surface area contributed by atoms with E-state index >= 15 is 0 Å². The van der Waals surface area contributed by atoms with E-state index in [1.54, 1.807) is 12.3 Å². The number of thioether (sulfide) groups is 1. The molecule has 0 radical (unpaired) electrons. The van der Waals surface area contributed by atoms with Gasteiger partial charge in [-0.25, -0.2) is 9.97 Å². The molecule has 0 bridgehead atoms. The SMILES string of the molecule is Cc1ccnc(SC(=O)c2cc3ccccc3[nH]2)n1. The highest BCUT2D eigenvalue weighted by molar-refractivity contribution is 8.14. The maximum atomic E-state index is 12.1. The first-order chi connectivity index (χ1) is 9.22. The summed E-state index contributed by atoms with van der Waals surface area (Å²) in [7, 11) is 0. The lowest BCUT2D eigenvalue weighted by Crippen LogP contribution is -1.96. The Morgan fingerprint density at radius 2 is 2.11 bits per heavy atom. The normalized spacial score (nSPS) is 10.8. The number of aromatic nitrogens is 3. The summed E-state index contributed by atoms with van der Waals surface area (Å²) in [5.74, 6) is 0. The molecule has 0 aliphatic carbocycles. The maximum Gasteiger partial charge on any atom is 0.243 e. The molecule has 0 spiro atoms. The second-order valence-corrected chi connectivity index (χ2v) is 5.08. The van der Waals surface area contributed by atoms with Crippen molar-refractivity contribution >= 4 is 27.8 Å². The monoisotopic (exact) mass is 269 g/mol. The van der Waals surface area contributed by atoms with Gasteiger partial charge in [0.25, 0.3) is 0 Å². The van der Waals surface area contributed by atoms with Gasteiger partial charge in [-0.15, -0.1) is 0 Å². The molecule has 1 aromatic carbocycles. The number of nitrogens with one attached hydrogen (secondary N) is 1. The van der Waals surface area contributed by atoms with E-state index in [-0.39, 0.29) is 5.12 Å². The van der Waals surface area contributed by atoms with E-state index < -0.39 is 0 Å². The minimum absolute atomic E-state index is 0.0817. The average molecular weight is 269 g/mol. The predicted molar refractivity (Wildman–Crippen MR) is 75.3 cm³/mol. The third-order valence-electron chi connectivity index (χ3n) is 2.71. The molecule has 94 valence electrons. The van der Waals surface area contributed by atoms with Crippen LogP contribution in [0.2, 0.25) is 0 Å². The molecule has 0 amide bonds. The summed E-state index contributed by atoms with van der Waals surface area (Å²) in [5.41, 5.74) is 2.37. The van der Waals surface area contributed by atoms with E-state index in [1.807, 2.05) is 37.3 Å². The molecule has 2 aromatic heterocycles. The lowest BCUT2D eigenvalue weighted by Gasteiger charge is -1.98. The highest BCUT2D eigenvalue weighted by Gasteiger charge is 2.12. The number of hydrogen-bond donors (Lipinski definition) is 1. The number of aromatic amines is 1. The largest absolute Gasteiger partial charge is 0.351 e. The molecule has 0 aliphatic heterocycles. The van der Waals surface area contributed by atoms with Crippen molar-refractivity contribution in [2.24, 2.45) is 0 Å². The number of benzene rings is 1. The highest BCUT2D eigenvalue weighted by Crippen LogP contribution is 2.22. The smallest absolute Gasteiger partial charge is 0.243 e. The van der Waals surface area contributed by atoms with Crippen LogP contribution in [-0.2, 0) is 0 Å². The Morgan fingerprint density at radius 3 is 2.89 bits per heavy atom. The van der Waals surface area contributed by atoms with E-state index in [1.165, 1.54) is 0 Å². The zero-order valence-corrected chi connectivity index (χ0v) is 11.1. The lowest BCUT2D eigenvalue weighted by atomic mass is 10.2. The number of carbonyl (C=O) groups excluding carboxylic acids is 1. The van der Waals surface area contributed by atoms with Crippen molar-refractivity contribution in [3.8, 4) is 0 Å². The van der Waals surface area contributed by atoms with Gasteiger partial charge in [0, 0.05) is 22.8 Å². The van der Waals surface area contributed by atoms with Gasteiger partial charge in [0.15, 0.2) is 5.16 Å². The van der Waals surface area contributed by atoms with Crippen molar-refractivity contribution in [3.05, 3.63) is 54.0 Å². The van der Waals surface area contributed by atoms with Crippen molar-refractivity contribution in [3.63, 3.8) is 0 Å². The Morgan fingerprint density at radius 1 is 1.26 bits per heavy atom. The van der Waals surface area contributed by atoms with E-state index in [2.05, 4.69) is 15.0 Å². The molecule has 5 heteroatoms. The Kier molecular flexibility index (Phi) is 3.05. The van der Waals surface area contributed by atoms with Gasteiger partial charge in [-0.3, -0.25) is 4.79 Å². The minimum Gasteiger partial charge on any atom is -0.351 e. The standard InChI is InChI=1S/C14H11N3OS/c1-9-6-7-15-14(16-9)19-13(18)12-8-10-4-2-3-5-11(10)17-12/h2-8,17H,1H3. The number of aryl methyl sites for hydroxylation is 1. The molecular weight excluding hydrogens is 258 g/mol. The van der Waals surface area contributed by atoms with Gasteiger partial charge >= 0.3 is 0 Å². The van der Waals surface area contributed by atoms with E-state index in [0.29, 0.717) is 10.9 Å². The fourth-order valence-electron chi connectivity index (χ4n) is 1.80. The number of para-hydroxylation sites is 1. The summed E-state index contributed by atoms with van der Waals surface area (Å²) in [4.78, 5) is 23.5. The van der Waals surface area contributed by atoms with Crippen LogP contribution in [0.3, 0.4) is 0 Å². The molecule has 0 saturated heterocycles. The molecule has 2 heterocycles. The summed E-state index contributed by atoms with van der Waals surface area (Å²) in [6, 6.07) is 11.4. The van der Waals surface area contributed by atoms with Gasteiger partial charge in [0.1, 0.15) is 0 Å². The molecule has 0 unspecified atom stereocenters. The maximum absolute atomic E-state index is 12.1. The molecular formula is C14H11N3OS. The molecule has 3 aromatic rings. The van der Waals surface area contributed by atoms with E-state index in [9.17, 15) is 4.79 Å². The molecule has 0 fully saturated rings. The third-order valence-corrected chi connectivity index (χ3v) is 3.49. The van der Waals surface area contributed by atoms with Crippen LogP contribution in [0, 0.1) is 6.92 Å². The number of rotatable bonds is 2. The van der Waals surface area contributed by atoms with Gasteiger partial charge in [0.05, 0.1) is 5.69 Å². The van der Waals surface area contributed by atoms with Crippen LogP contribution in [0.4, 0.5) is 0 Å². The zero-order valence-electron chi connectivity index (χ0n) is 10.3. The summed E-state index contributed by atoms with van der Waals surface area (Å²) in [6.07, 6.45) is 1.66. The van der Waals surface area contributed by atoms with Crippen LogP contribution in [0.5, 0.6) is 0 Å². The molecule has 1 N–H and O–H groups in total. The third kappa shape index (κ3) is 2.51. The van der Waals surface area contributed by atoms with Gasteiger partial charge in [-0.1, -0.05) is 18.2 Å². The predicted octanol–water partition coefficient (Wildman–Crippen LogP) is 3.20. The van der Waals surface area contributed by atoms with Crippen LogP contribution in [0.15, 0.2) is 47.8 Å². The van der Waals surface area contributed by atoms with Gasteiger partial charge in [-0.2, -0.15) is 0 Å². The first-order valence-corrected chi connectivity index (χ1v) is 6.63. The van der Waals surface area contributed by atoms with Crippen molar-refractivity contribution < 1.29 is 4.79 Å². The van der Waals surface area contributed by atoms with Gasteiger partial charge in [0.2, 0.25) is 5.12 Å². The summed E-state index contributed by atoms with van der Waals surface area (Å²) < 4.78 is 0. The Hall–Kier alpha value is -2.14. The molecule has 4 nitrogen and oxygen atoms in total. The molecule has 3 rings (SSSR count). The van der Waals surface area contributed by atoms with Crippen LogP contribution in [0.1, 0.15) is 16.2 Å². The topological polar surface area (TPSA) is 58.6 Å². The van der Waals surface area contributed by atoms with E-state index in [4.69, 9.17) is 0 Å². The Labute approximate surface area is 114 Å². The second-order valence-electron chi connectivity index (χ2n) is 4.14. The zero-order chi connectivity index (χ0) is 13.2. The summed E-state index contributed by atoms with van der Waals surface area (Å²) in [6.45, 7) is 1.87. The first-order valence-electron chi connectivity index (χ1n) is 5.82. The Bertz CT molecular complexity index is 718. The molecule has 0 saturated carbocycles. The van der Waals surface area contributed by atoms with Crippen LogP contribution in [-0.4, -0.2) is 20.1 Å². The second kappa shape index (κ2) is 4.85. The van der Waals surface area contributed by atoms with E-state index in [0.717, 1.165) is 28.4 Å². The van der Waals surface area contributed by atoms with Crippen molar-refractivity contribution in [2.75, 3.05) is 0 Å². The molecule has 19 heavy (non-hydrogen) atoms. The van der Waals surface area contributed by atoms with Crippen molar-refractivity contribution in [2.45, 2.75) is 12.1 Å². The highest BCUT2D eigenvalue weighted by atomic mass is 32.2.